The number of nitrogens with one attached hydrogen (secondary N) is 1. The van der Waals surface area contributed by atoms with Crippen LogP contribution in [0.4, 0.5) is 0 Å². The van der Waals surface area contributed by atoms with E-state index in [2.05, 4.69) is 10.4 Å². The number of nitrogens with zero attached hydrogens (tertiary/aromatic N) is 2. The Labute approximate surface area is 171 Å². The van der Waals surface area contributed by atoms with Crippen molar-refractivity contribution in [2.75, 3.05) is 13.2 Å². The van der Waals surface area contributed by atoms with Crippen LogP contribution < -0.4 is 14.8 Å². The number of rotatable bonds is 8. The zero-order chi connectivity index (χ0) is 20.8. The predicted molar refractivity (Wildman–Crippen MR) is 113 cm³/mol. The summed E-state index contributed by atoms with van der Waals surface area (Å²) < 4.78 is 13.1. The van der Waals surface area contributed by atoms with Crippen LogP contribution in [0, 0.1) is 13.8 Å². The number of hydrogen-bond acceptors (Lipinski definition) is 4. The first-order valence-electron chi connectivity index (χ1n) is 9.83. The monoisotopic (exact) mass is 393 g/mol. The molecule has 6 heteroatoms. The van der Waals surface area contributed by atoms with E-state index in [-0.39, 0.29) is 5.91 Å². The number of carbonyl (C=O) groups excluding carboxylic acids is 1. The first-order chi connectivity index (χ1) is 14.0. The van der Waals surface area contributed by atoms with Crippen LogP contribution in [0.15, 0.2) is 48.5 Å². The molecule has 0 unspecified atom stereocenters. The average Bonchev–Trinajstić information content (AvgIpc) is 3.02. The van der Waals surface area contributed by atoms with Gasteiger partial charge in [-0.1, -0.05) is 18.2 Å². The fourth-order valence-electron chi connectivity index (χ4n) is 3.21. The number of para-hydroxylation sites is 1. The average molecular weight is 393 g/mol. The molecule has 1 heterocycles. The van der Waals surface area contributed by atoms with E-state index in [1.54, 1.807) is 18.2 Å². The fourth-order valence-corrected chi connectivity index (χ4v) is 3.21. The number of hydrogen-bond donors (Lipinski definition) is 1. The molecule has 0 aliphatic heterocycles. The van der Waals surface area contributed by atoms with Crippen molar-refractivity contribution in [3.63, 3.8) is 0 Å². The van der Waals surface area contributed by atoms with Gasteiger partial charge in [0.25, 0.3) is 5.91 Å². The summed E-state index contributed by atoms with van der Waals surface area (Å²) in [7, 11) is 0. The summed E-state index contributed by atoms with van der Waals surface area (Å²) in [5, 5.41) is 7.62. The van der Waals surface area contributed by atoms with Gasteiger partial charge in [-0.3, -0.25) is 4.79 Å². The Hall–Kier alpha value is -3.28. The highest BCUT2D eigenvalue weighted by Crippen LogP contribution is 2.28. The second-order valence-electron chi connectivity index (χ2n) is 6.61. The molecular formula is C23H27N3O3. The van der Waals surface area contributed by atoms with Gasteiger partial charge in [0.05, 0.1) is 24.6 Å². The molecule has 0 fully saturated rings. The maximum absolute atomic E-state index is 12.7. The maximum atomic E-state index is 12.7. The maximum Gasteiger partial charge on any atom is 0.251 e. The third-order valence-corrected chi connectivity index (χ3v) is 4.67. The molecule has 1 aromatic heterocycles. The van der Waals surface area contributed by atoms with E-state index in [0.717, 1.165) is 22.6 Å². The third-order valence-electron chi connectivity index (χ3n) is 4.67. The molecule has 152 valence electrons. The summed E-state index contributed by atoms with van der Waals surface area (Å²) >= 11 is 0. The van der Waals surface area contributed by atoms with Crippen molar-refractivity contribution in [2.24, 2.45) is 0 Å². The van der Waals surface area contributed by atoms with E-state index in [1.807, 2.05) is 62.7 Å². The van der Waals surface area contributed by atoms with Crippen LogP contribution in [0.3, 0.4) is 0 Å². The van der Waals surface area contributed by atoms with Crippen LogP contribution in [0.2, 0.25) is 0 Å². The molecule has 0 atom stereocenters. The molecule has 29 heavy (non-hydrogen) atoms. The Bertz CT molecular complexity index is 981. The highest BCUT2D eigenvalue weighted by Gasteiger charge is 2.15. The number of carbonyl (C=O) groups is 1. The lowest BCUT2D eigenvalue weighted by atomic mass is 10.1. The largest absolute Gasteiger partial charge is 0.490 e. The van der Waals surface area contributed by atoms with Crippen LogP contribution in [-0.4, -0.2) is 28.9 Å². The summed E-state index contributed by atoms with van der Waals surface area (Å²) in [5.41, 5.74) is 4.45. The molecule has 6 nitrogen and oxygen atoms in total. The van der Waals surface area contributed by atoms with Crippen LogP contribution in [0.25, 0.3) is 5.69 Å². The molecule has 0 aliphatic carbocycles. The van der Waals surface area contributed by atoms with Crippen LogP contribution >= 0.6 is 0 Å². The molecule has 0 spiro atoms. The highest BCUT2D eigenvalue weighted by molar-refractivity contribution is 5.94. The Morgan fingerprint density at radius 3 is 2.38 bits per heavy atom. The Morgan fingerprint density at radius 2 is 1.69 bits per heavy atom. The van der Waals surface area contributed by atoms with E-state index >= 15 is 0 Å². The van der Waals surface area contributed by atoms with Gasteiger partial charge in [0.2, 0.25) is 0 Å². The van der Waals surface area contributed by atoms with Crippen molar-refractivity contribution in [3.05, 3.63) is 71.0 Å². The van der Waals surface area contributed by atoms with Crippen molar-refractivity contribution < 1.29 is 14.3 Å². The van der Waals surface area contributed by atoms with Crippen molar-refractivity contribution in [1.29, 1.82) is 0 Å². The number of ether oxygens (including phenoxy) is 2. The van der Waals surface area contributed by atoms with Gasteiger partial charge in [-0.2, -0.15) is 5.10 Å². The normalized spacial score (nSPS) is 10.6. The summed E-state index contributed by atoms with van der Waals surface area (Å²) in [6, 6.07) is 15.2. The van der Waals surface area contributed by atoms with Gasteiger partial charge in [0, 0.05) is 23.4 Å². The zero-order valence-electron chi connectivity index (χ0n) is 17.4. The van der Waals surface area contributed by atoms with Gasteiger partial charge >= 0.3 is 0 Å². The van der Waals surface area contributed by atoms with Gasteiger partial charge in [0.15, 0.2) is 11.5 Å². The quantitative estimate of drug-likeness (QED) is 0.622. The van der Waals surface area contributed by atoms with Crippen molar-refractivity contribution >= 4 is 5.91 Å². The van der Waals surface area contributed by atoms with Crippen molar-refractivity contribution in [2.45, 2.75) is 34.2 Å². The summed E-state index contributed by atoms with van der Waals surface area (Å²) in [4.78, 5) is 12.7. The number of benzene rings is 2. The second kappa shape index (κ2) is 9.28. The molecular weight excluding hydrogens is 366 g/mol. The molecule has 0 radical (unpaired) electrons. The first kappa shape index (κ1) is 20.5. The lowest BCUT2D eigenvalue weighted by Crippen LogP contribution is -2.23. The molecule has 0 saturated carbocycles. The highest BCUT2D eigenvalue weighted by atomic mass is 16.5. The SMILES string of the molecule is CCOc1ccc(C(=O)NCc2c(C)nn(-c3ccccc3)c2C)cc1OCC. The van der Waals surface area contributed by atoms with Gasteiger partial charge in [-0.25, -0.2) is 4.68 Å². The second-order valence-corrected chi connectivity index (χ2v) is 6.61. The zero-order valence-corrected chi connectivity index (χ0v) is 17.4. The van der Waals surface area contributed by atoms with E-state index < -0.39 is 0 Å². The van der Waals surface area contributed by atoms with Gasteiger partial charge in [-0.05, 0) is 58.0 Å². The fraction of sp³-hybridized carbons (Fsp3) is 0.304. The lowest BCUT2D eigenvalue weighted by molar-refractivity contribution is 0.0950. The molecule has 0 bridgehead atoms. The van der Waals surface area contributed by atoms with Crippen molar-refractivity contribution in [3.8, 4) is 17.2 Å². The van der Waals surface area contributed by atoms with Crippen LogP contribution in [-0.2, 0) is 6.54 Å². The molecule has 2 aromatic carbocycles. The number of aryl methyl sites for hydroxylation is 1. The smallest absolute Gasteiger partial charge is 0.251 e. The van der Waals surface area contributed by atoms with E-state index in [4.69, 9.17) is 9.47 Å². The van der Waals surface area contributed by atoms with Gasteiger partial charge < -0.3 is 14.8 Å². The van der Waals surface area contributed by atoms with Crippen LogP contribution in [0.5, 0.6) is 11.5 Å². The topological polar surface area (TPSA) is 65.4 Å². The van der Waals surface area contributed by atoms with E-state index in [9.17, 15) is 4.79 Å². The molecule has 1 N–H and O–H groups in total. The Kier molecular flexibility index (Phi) is 6.54. The van der Waals surface area contributed by atoms with Crippen molar-refractivity contribution in [1.82, 2.24) is 15.1 Å². The molecule has 3 rings (SSSR count). The lowest BCUT2D eigenvalue weighted by Gasteiger charge is -2.12. The minimum Gasteiger partial charge on any atom is -0.490 e. The summed E-state index contributed by atoms with van der Waals surface area (Å²) in [5.74, 6) is 1.05. The number of aromatic nitrogens is 2. The minimum absolute atomic E-state index is 0.166. The summed E-state index contributed by atoms with van der Waals surface area (Å²) in [6.07, 6.45) is 0. The van der Waals surface area contributed by atoms with Gasteiger partial charge in [0.1, 0.15) is 0 Å². The standard InChI is InChI=1S/C23H27N3O3/c1-5-28-21-13-12-18(14-22(21)29-6-2)23(27)24-15-20-16(3)25-26(17(20)4)19-10-8-7-9-11-19/h7-14H,5-6,15H2,1-4H3,(H,24,27). The Balaban J connectivity index is 1.76. The van der Waals surface area contributed by atoms with E-state index in [1.165, 1.54) is 0 Å². The minimum atomic E-state index is -0.166. The Morgan fingerprint density at radius 1 is 1.00 bits per heavy atom. The molecule has 0 saturated heterocycles. The first-order valence-corrected chi connectivity index (χ1v) is 9.83. The molecule has 3 aromatic rings. The summed E-state index contributed by atoms with van der Waals surface area (Å²) in [6.45, 7) is 9.23. The molecule has 1 amide bonds. The van der Waals surface area contributed by atoms with E-state index in [0.29, 0.717) is 36.8 Å². The third kappa shape index (κ3) is 4.59. The number of amides is 1. The van der Waals surface area contributed by atoms with Crippen LogP contribution in [0.1, 0.15) is 41.2 Å². The predicted octanol–water partition coefficient (Wildman–Crippen LogP) is 4.22. The molecule has 0 aliphatic rings. The van der Waals surface area contributed by atoms with Gasteiger partial charge in [-0.15, -0.1) is 0 Å².